The molecule has 0 saturated carbocycles. The SMILES string of the molecule is CCCCNC(=O)c1n[nH]c(C(C)C)c1N. The second-order valence-electron chi connectivity index (χ2n) is 4.16. The summed E-state index contributed by atoms with van der Waals surface area (Å²) in [5.74, 6) is 0.0405. The molecule has 0 bridgehead atoms. The molecule has 0 aliphatic carbocycles. The molecule has 1 rings (SSSR count). The van der Waals surface area contributed by atoms with Crippen LogP contribution < -0.4 is 11.1 Å². The third kappa shape index (κ3) is 2.74. The van der Waals surface area contributed by atoms with Gasteiger partial charge in [0.05, 0.1) is 11.4 Å². The summed E-state index contributed by atoms with van der Waals surface area (Å²) in [4.78, 5) is 11.7. The summed E-state index contributed by atoms with van der Waals surface area (Å²) in [6.45, 7) is 6.75. The van der Waals surface area contributed by atoms with E-state index in [1.807, 2.05) is 13.8 Å². The molecule has 1 aromatic rings. The number of anilines is 1. The minimum atomic E-state index is -0.200. The number of carbonyl (C=O) groups excluding carboxylic acids is 1. The highest BCUT2D eigenvalue weighted by molar-refractivity contribution is 5.97. The number of nitrogens with zero attached hydrogens (tertiary/aromatic N) is 1. The summed E-state index contributed by atoms with van der Waals surface area (Å²) in [5.41, 5.74) is 7.44. The number of hydrogen-bond acceptors (Lipinski definition) is 3. The van der Waals surface area contributed by atoms with E-state index >= 15 is 0 Å². The topological polar surface area (TPSA) is 83.8 Å². The molecule has 90 valence electrons. The Kier molecular flexibility index (Phi) is 4.34. The molecule has 5 heteroatoms. The molecule has 0 fully saturated rings. The predicted octanol–water partition coefficient (Wildman–Crippen LogP) is 1.65. The quantitative estimate of drug-likeness (QED) is 0.665. The van der Waals surface area contributed by atoms with Gasteiger partial charge in [-0.05, 0) is 12.3 Å². The van der Waals surface area contributed by atoms with Crippen LogP contribution in [0.3, 0.4) is 0 Å². The Morgan fingerprint density at radius 1 is 1.56 bits per heavy atom. The van der Waals surface area contributed by atoms with Gasteiger partial charge >= 0.3 is 0 Å². The van der Waals surface area contributed by atoms with Crippen LogP contribution in [-0.2, 0) is 0 Å². The third-order valence-electron chi connectivity index (χ3n) is 2.44. The fourth-order valence-electron chi connectivity index (χ4n) is 1.44. The van der Waals surface area contributed by atoms with Gasteiger partial charge in [-0.1, -0.05) is 27.2 Å². The monoisotopic (exact) mass is 224 g/mol. The second-order valence-corrected chi connectivity index (χ2v) is 4.16. The average Bonchev–Trinajstić information content (AvgIpc) is 2.60. The molecule has 1 aromatic heterocycles. The molecule has 0 spiro atoms. The average molecular weight is 224 g/mol. The molecular weight excluding hydrogens is 204 g/mol. The van der Waals surface area contributed by atoms with Crippen LogP contribution in [-0.4, -0.2) is 22.6 Å². The van der Waals surface area contributed by atoms with Crippen LogP contribution in [0.1, 0.15) is 55.7 Å². The summed E-state index contributed by atoms with van der Waals surface area (Å²) in [5, 5.41) is 9.55. The number of nitrogens with two attached hydrogens (primary N) is 1. The molecular formula is C11H20N4O. The Balaban J connectivity index is 2.69. The first-order valence-corrected chi connectivity index (χ1v) is 5.69. The standard InChI is InChI=1S/C11H20N4O/c1-4-5-6-13-11(16)10-8(12)9(7(2)3)14-15-10/h7H,4-6,12H2,1-3H3,(H,13,16)(H,14,15). The Labute approximate surface area is 95.8 Å². The molecule has 0 radical (unpaired) electrons. The number of nitrogens with one attached hydrogen (secondary N) is 2. The lowest BCUT2D eigenvalue weighted by molar-refractivity contribution is 0.0949. The lowest BCUT2D eigenvalue weighted by atomic mass is 10.1. The van der Waals surface area contributed by atoms with Gasteiger partial charge in [0, 0.05) is 6.54 Å². The van der Waals surface area contributed by atoms with Crippen molar-refractivity contribution in [3.8, 4) is 0 Å². The molecule has 0 atom stereocenters. The molecule has 1 amide bonds. The lowest BCUT2D eigenvalue weighted by Gasteiger charge is -2.04. The van der Waals surface area contributed by atoms with Gasteiger partial charge in [0.2, 0.25) is 0 Å². The zero-order valence-electron chi connectivity index (χ0n) is 10.1. The van der Waals surface area contributed by atoms with Gasteiger partial charge in [0.25, 0.3) is 5.91 Å². The van der Waals surface area contributed by atoms with Crippen molar-refractivity contribution in [2.24, 2.45) is 0 Å². The predicted molar refractivity (Wildman–Crippen MR) is 64.3 cm³/mol. The van der Waals surface area contributed by atoms with Gasteiger partial charge < -0.3 is 11.1 Å². The van der Waals surface area contributed by atoms with E-state index in [1.54, 1.807) is 0 Å². The van der Waals surface area contributed by atoms with Gasteiger partial charge in [0.15, 0.2) is 5.69 Å². The molecule has 0 aliphatic rings. The largest absolute Gasteiger partial charge is 0.395 e. The number of aromatic amines is 1. The molecule has 16 heavy (non-hydrogen) atoms. The van der Waals surface area contributed by atoms with Crippen molar-refractivity contribution in [3.05, 3.63) is 11.4 Å². The van der Waals surface area contributed by atoms with Crippen LogP contribution in [0.15, 0.2) is 0 Å². The third-order valence-corrected chi connectivity index (χ3v) is 2.44. The zero-order valence-corrected chi connectivity index (χ0v) is 10.1. The van der Waals surface area contributed by atoms with Crippen LogP contribution in [0, 0.1) is 0 Å². The van der Waals surface area contributed by atoms with E-state index in [1.165, 1.54) is 0 Å². The van der Waals surface area contributed by atoms with E-state index in [2.05, 4.69) is 22.4 Å². The lowest BCUT2D eigenvalue weighted by Crippen LogP contribution is -2.25. The summed E-state index contributed by atoms with van der Waals surface area (Å²) < 4.78 is 0. The van der Waals surface area contributed by atoms with Crippen molar-refractivity contribution in [1.29, 1.82) is 0 Å². The normalized spacial score (nSPS) is 10.8. The minimum Gasteiger partial charge on any atom is -0.395 e. The Morgan fingerprint density at radius 3 is 2.75 bits per heavy atom. The van der Waals surface area contributed by atoms with E-state index in [-0.39, 0.29) is 11.8 Å². The fourth-order valence-corrected chi connectivity index (χ4v) is 1.44. The van der Waals surface area contributed by atoms with E-state index in [4.69, 9.17) is 5.73 Å². The first kappa shape index (κ1) is 12.5. The molecule has 0 aliphatic heterocycles. The Morgan fingerprint density at radius 2 is 2.25 bits per heavy atom. The number of carbonyl (C=O) groups is 1. The van der Waals surface area contributed by atoms with Crippen molar-refractivity contribution >= 4 is 11.6 Å². The maximum Gasteiger partial charge on any atom is 0.273 e. The number of H-pyrrole nitrogens is 1. The number of rotatable bonds is 5. The molecule has 0 saturated heterocycles. The van der Waals surface area contributed by atoms with Crippen LogP contribution in [0.5, 0.6) is 0 Å². The summed E-state index contributed by atoms with van der Waals surface area (Å²) >= 11 is 0. The molecule has 5 nitrogen and oxygen atoms in total. The van der Waals surface area contributed by atoms with Crippen molar-refractivity contribution in [1.82, 2.24) is 15.5 Å². The van der Waals surface area contributed by atoms with Crippen molar-refractivity contribution in [3.63, 3.8) is 0 Å². The van der Waals surface area contributed by atoms with Crippen LogP contribution >= 0.6 is 0 Å². The number of aromatic nitrogens is 2. The van der Waals surface area contributed by atoms with Crippen molar-refractivity contribution in [2.45, 2.75) is 39.5 Å². The molecule has 1 heterocycles. The fraction of sp³-hybridized carbons (Fsp3) is 0.636. The molecule has 0 unspecified atom stereocenters. The highest BCUT2D eigenvalue weighted by Gasteiger charge is 2.18. The zero-order chi connectivity index (χ0) is 12.1. The maximum atomic E-state index is 11.7. The number of nitrogen functional groups attached to an aromatic ring is 1. The second kappa shape index (κ2) is 5.53. The summed E-state index contributed by atoms with van der Waals surface area (Å²) in [6, 6.07) is 0. The number of unbranched alkanes of at least 4 members (excludes halogenated alkanes) is 1. The Hall–Kier alpha value is -1.52. The Bertz CT molecular complexity index is 357. The van der Waals surface area contributed by atoms with Gasteiger partial charge in [-0.15, -0.1) is 0 Å². The minimum absolute atomic E-state index is 0.200. The van der Waals surface area contributed by atoms with Gasteiger partial charge in [-0.2, -0.15) is 5.10 Å². The molecule has 4 N–H and O–H groups in total. The van der Waals surface area contributed by atoms with E-state index in [0.29, 0.717) is 17.9 Å². The highest BCUT2D eigenvalue weighted by atomic mass is 16.1. The number of amides is 1. The first-order valence-electron chi connectivity index (χ1n) is 5.69. The summed E-state index contributed by atoms with van der Waals surface area (Å²) in [7, 11) is 0. The maximum absolute atomic E-state index is 11.7. The smallest absolute Gasteiger partial charge is 0.273 e. The van der Waals surface area contributed by atoms with Gasteiger partial charge in [-0.25, -0.2) is 0 Å². The van der Waals surface area contributed by atoms with E-state index < -0.39 is 0 Å². The summed E-state index contributed by atoms with van der Waals surface area (Å²) in [6.07, 6.45) is 2.01. The van der Waals surface area contributed by atoms with Crippen molar-refractivity contribution in [2.75, 3.05) is 12.3 Å². The van der Waals surface area contributed by atoms with Gasteiger partial charge in [0.1, 0.15) is 0 Å². The van der Waals surface area contributed by atoms with Crippen LogP contribution in [0.25, 0.3) is 0 Å². The van der Waals surface area contributed by atoms with Crippen LogP contribution in [0.4, 0.5) is 5.69 Å². The first-order chi connectivity index (χ1) is 7.57. The highest BCUT2D eigenvalue weighted by Crippen LogP contribution is 2.21. The van der Waals surface area contributed by atoms with E-state index in [9.17, 15) is 4.79 Å². The molecule has 0 aromatic carbocycles. The van der Waals surface area contributed by atoms with E-state index in [0.717, 1.165) is 18.5 Å². The van der Waals surface area contributed by atoms with Gasteiger partial charge in [-0.3, -0.25) is 9.89 Å². The van der Waals surface area contributed by atoms with Crippen LogP contribution in [0.2, 0.25) is 0 Å². The van der Waals surface area contributed by atoms with Crippen molar-refractivity contribution < 1.29 is 4.79 Å². The number of hydrogen-bond donors (Lipinski definition) is 3.